The molecule has 0 amide bonds. The van der Waals surface area contributed by atoms with Gasteiger partial charge in [0.1, 0.15) is 0 Å². The van der Waals surface area contributed by atoms with Gasteiger partial charge in [0.15, 0.2) is 0 Å². The second-order valence-corrected chi connectivity index (χ2v) is 7.02. The molecule has 2 saturated heterocycles. The van der Waals surface area contributed by atoms with Crippen molar-refractivity contribution in [2.24, 2.45) is 11.7 Å². The van der Waals surface area contributed by atoms with Crippen LogP contribution in [-0.4, -0.2) is 41.8 Å². The largest absolute Gasteiger partial charge is 0.375 e. The van der Waals surface area contributed by atoms with E-state index in [4.69, 9.17) is 10.5 Å². The maximum Gasteiger partial charge on any atom is 0.0644 e. The Hall–Kier alpha value is -0.120. The summed E-state index contributed by atoms with van der Waals surface area (Å²) in [6, 6.07) is 0.649. The highest BCUT2D eigenvalue weighted by Gasteiger charge is 2.46. The van der Waals surface area contributed by atoms with Crippen molar-refractivity contribution in [3.05, 3.63) is 0 Å². The number of nitrogens with zero attached hydrogens (tertiary/aromatic N) is 1. The third-order valence-corrected chi connectivity index (χ3v) is 5.18. The minimum atomic E-state index is -0.0297. The Morgan fingerprint density at radius 3 is 2.67 bits per heavy atom. The molecule has 3 nitrogen and oxygen atoms in total. The SMILES string of the molecule is CC1CCCN(C2(CN)CCOC(C)(C)C2)C1C. The van der Waals surface area contributed by atoms with E-state index >= 15 is 0 Å². The first-order chi connectivity index (χ1) is 8.40. The molecule has 3 atom stereocenters. The van der Waals surface area contributed by atoms with E-state index in [2.05, 4.69) is 32.6 Å². The molecule has 0 aliphatic carbocycles. The van der Waals surface area contributed by atoms with Crippen molar-refractivity contribution < 1.29 is 4.74 Å². The summed E-state index contributed by atoms with van der Waals surface area (Å²) in [6.07, 6.45) is 4.82. The molecule has 0 aromatic carbocycles. The predicted molar refractivity (Wildman–Crippen MR) is 75.6 cm³/mol. The van der Waals surface area contributed by atoms with E-state index in [-0.39, 0.29) is 11.1 Å². The minimum absolute atomic E-state index is 0.0297. The maximum atomic E-state index is 6.20. The van der Waals surface area contributed by atoms with Gasteiger partial charge in [-0.2, -0.15) is 0 Å². The van der Waals surface area contributed by atoms with Crippen LogP contribution in [0, 0.1) is 5.92 Å². The molecule has 2 aliphatic rings. The number of likely N-dealkylation sites (tertiary alicyclic amines) is 1. The van der Waals surface area contributed by atoms with Crippen molar-refractivity contribution in [3.8, 4) is 0 Å². The first-order valence-corrected chi connectivity index (χ1v) is 7.51. The first-order valence-electron chi connectivity index (χ1n) is 7.51. The molecule has 2 N–H and O–H groups in total. The summed E-state index contributed by atoms with van der Waals surface area (Å²) in [5.41, 5.74) is 6.33. The zero-order valence-corrected chi connectivity index (χ0v) is 12.5. The van der Waals surface area contributed by atoms with Crippen LogP contribution in [0.5, 0.6) is 0 Å². The van der Waals surface area contributed by atoms with Gasteiger partial charge < -0.3 is 10.5 Å². The molecular formula is C15H30N2O. The Morgan fingerprint density at radius 1 is 1.33 bits per heavy atom. The number of hydrogen-bond donors (Lipinski definition) is 1. The van der Waals surface area contributed by atoms with Crippen LogP contribution in [0.2, 0.25) is 0 Å². The number of hydrogen-bond acceptors (Lipinski definition) is 3. The van der Waals surface area contributed by atoms with E-state index in [9.17, 15) is 0 Å². The summed E-state index contributed by atoms with van der Waals surface area (Å²) in [7, 11) is 0. The van der Waals surface area contributed by atoms with Crippen LogP contribution in [0.15, 0.2) is 0 Å². The quantitative estimate of drug-likeness (QED) is 0.822. The van der Waals surface area contributed by atoms with Gasteiger partial charge in [0.2, 0.25) is 0 Å². The Bertz CT molecular complexity index is 292. The van der Waals surface area contributed by atoms with Gasteiger partial charge in [0.25, 0.3) is 0 Å². The van der Waals surface area contributed by atoms with E-state index in [1.54, 1.807) is 0 Å². The van der Waals surface area contributed by atoms with E-state index < -0.39 is 0 Å². The fourth-order valence-electron chi connectivity index (χ4n) is 3.99. The smallest absolute Gasteiger partial charge is 0.0644 e. The molecule has 0 bridgehead atoms. The lowest BCUT2D eigenvalue weighted by Gasteiger charge is -2.55. The lowest BCUT2D eigenvalue weighted by Crippen LogP contribution is -2.64. The lowest BCUT2D eigenvalue weighted by molar-refractivity contribution is -0.134. The molecule has 0 saturated carbocycles. The lowest BCUT2D eigenvalue weighted by atomic mass is 9.76. The molecule has 2 heterocycles. The van der Waals surface area contributed by atoms with Crippen molar-refractivity contribution in [1.29, 1.82) is 0 Å². The van der Waals surface area contributed by atoms with Gasteiger partial charge >= 0.3 is 0 Å². The number of piperidine rings is 1. The summed E-state index contributed by atoms with van der Waals surface area (Å²) < 4.78 is 5.89. The van der Waals surface area contributed by atoms with Gasteiger partial charge in [0.05, 0.1) is 5.60 Å². The van der Waals surface area contributed by atoms with Crippen molar-refractivity contribution in [3.63, 3.8) is 0 Å². The average molecular weight is 254 g/mol. The Labute approximate surface area is 112 Å². The molecule has 0 aromatic rings. The zero-order chi connectivity index (χ0) is 13.4. The highest BCUT2D eigenvalue weighted by molar-refractivity contribution is 5.02. The average Bonchev–Trinajstić information content (AvgIpc) is 2.31. The van der Waals surface area contributed by atoms with Crippen LogP contribution in [0.4, 0.5) is 0 Å². The third kappa shape index (κ3) is 2.59. The van der Waals surface area contributed by atoms with Crippen molar-refractivity contribution in [2.45, 2.75) is 70.6 Å². The molecule has 18 heavy (non-hydrogen) atoms. The second kappa shape index (κ2) is 5.10. The third-order valence-electron chi connectivity index (χ3n) is 5.18. The van der Waals surface area contributed by atoms with Gasteiger partial charge in [-0.25, -0.2) is 0 Å². The minimum Gasteiger partial charge on any atom is -0.375 e. The highest BCUT2D eigenvalue weighted by atomic mass is 16.5. The molecule has 2 rings (SSSR count). The Morgan fingerprint density at radius 2 is 2.06 bits per heavy atom. The molecule has 0 radical (unpaired) electrons. The number of ether oxygens (including phenoxy) is 1. The van der Waals surface area contributed by atoms with Crippen LogP contribution in [0.1, 0.15) is 53.4 Å². The number of rotatable bonds is 2. The van der Waals surface area contributed by atoms with Crippen molar-refractivity contribution in [1.82, 2.24) is 4.90 Å². The predicted octanol–water partition coefficient (Wildman–Crippen LogP) is 2.39. The Balaban J connectivity index is 2.20. The molecule has 2 fully saturated rings. The van der Waals surface area contributed by atoms with E-state index in [1.807, 2.05) is 0 Å². The van der Waals surface area contributed by atoms with Gasteiger partial charge in [-0.15, -0.1) is 0 Å². The van der Waals surface area contributed by atoms with Crippen LogP contribution in [0.3, 0.4) is 0 Å². The van der Waals surface area contributed by atoms with Gasteiger partial charge in [-0.1, -0.05) is 6.92 Å². The summed E-state index contributed by atoms with van der Waals surface area (Å²) in [5, 5.41) is 0. The summed E-state index contributed by atoms with van der Waals surface area (Å²) in [5.74, 6) is 0.785. The van der Waals surface area contributed by atoms with E-state index in [0.29, 0.717) is 6.04 Å². The normalized spacial score (nSPS) is 41.8. The topological polar surface area (TPSA) is 38.5 Å². The van der Waals surface area contributed by atoms with Gasteiger partial charge in [0, 0.05) is 24.7 Å². The standard InChI is InChI=1S/C15H30N2O/c1-12-6-5-8-17(13(12)2)15(11-16)7-9-18-14(3,4)10-15/h12-13H,5-11,16H2,1-4H3. The molecular weight excluding hydrogens is 224 g/mol. The van der Waals surface area contributed by atoms with Crippen LogP contribution >= 0.6 is 0 Å². The van der Waals surface area contributed by atoms with Crippen LogP contribution in [0.25, 0.3) is 0 Å². The van der Waals surface area contributed by atoms with Crippen molar-refractivity contribution >= 4 is 0 Å². The fraction of sp³-hybridized carbons (Fsp3) is 1.00. The zero-order valence-electron chi connectivity index (χ0n) is 12.5. The van der Waals surface area contributed by atoms with Crippen molar-refractivity contribution in [2.75, 3.05) is 19.7 Å². The van der Waals surface area contributed by atoms with Gasteiger partial charge in [-0.05, 0) is 58.9 Å². The molecule has 3 heteroatoms. The van der Waals surface area contributed by atoms with E-state index in [0.717, 1.165) is 31.9 Å². The second-order valence-electron chi connectivity index (χ2n) is 7.02. The van der Waals surface area contributed by atoms with Crippen LogP contribution in [-0.2, 0) is 4.74 Å². The summed E-state index contributed by atoms with van der Waals surface area (Å²) in [4.78, 5) is 2.70. The molecule has 0 spiro atoms. The molecule has 2 aliphatic heterocycles. The number of nitrogens with two attached hydrogens (primary N) is 1. The van der Waals surface area contributed by atoms with E-state index in [1.165, 1.54) is 19.4 Å². The molecule has 106 valence electrons. The maximum absolute atomic E-state index is 6.20. The summed E-state index contributed by atoms with van der Waals surface area (Å²) >= 11 is 0. The van der Waals surface area contributed by atoms with Crippen LogP contribution < -0.4 is 5.73 Å². The first kappa shape index (κ1) is 14.3. The summed E-state index contributed by atoms with van der Waals surface area (Å²) in [6.45, 7) is 12.0. The Kier molecular flexibility index (Phi) is 4.05. The monoisotopic (exact) mass is 254 g/mol. The molecule has 3 unspecified atom stereocenters. The highest BCUT2D eigenvalue weighted by Crippen LogP contribution is 2.40. The fourth-order valence-corrected chi connectivity index (χ4v) is 3.99. The van der Waals surface area contributed by atoms with Gasteiger partial charge in [-0.3, -0.25) is 4.90 Å². The molecule has 0 aromatic heterocycles.